The van der Waals surface area contributed by atoms with Gasteiger partial charge < -0.3 is 4.90 Å². The molecule has 1 aromatic carbocycles. The third-order valence-electron chi connectivity index (χ3n) is 4.02. The van der Waals surface area contributed by atoms with Gasteiger partial charge in [-0.2, -0.15) is 0 Å². The molecule has 2 heterocycles. The molecule has 24 heavy (non-hydrogen) atoms. The smallest absolute Gasteiger partial charge is 0.223 e. The van der Waals surface area contributed by atoms with Crippen molar-refractivity contribution in [3.63, 3.8) is 0 Å². The minimum Gasteiger partial charge on any atom is -0.312 e. The molecule has 0 spiro atoms. The van der Waals surface area contributed by atoms with Gasteiger partial charge >= 0.3 is 0 Å². The van der Waals surface area contributed by atoms with E-state index in [1.807, 2.05) is 19.1 Å². The van der Waals surface area contributed by atoms with Gasteiger partial charge in [0, 0.05) is 30.9 Å². The summed E-state index contributed by atoms with van der Waals surface area (Å²) in [5.74, 6) is 0.0624. The number of hydrogen-bond donors (Lipinski definition) is 0. The molecule has 0 bridgehead atoms. The Labute approximate surface area is 150 Å². The summed E-state index contributed by atoms with van der Waals surface area (Å²) >= 11 is 7.46. The zero-order chi connectivity index (χ0) is 17.3. The number of Topliss-reactive ketones (excluding diaryl/α,β-unsaturated/α-hetero) is 1. The van der Waals surface area contributed by atoms with E-state index in [2.05, 4.69) is 4.98 Å². The number of hydrogen-bond acceptors (Lipinski definition) is 4. The van der Waals surface area contributed by atoms with Crippen LogP contribution in [0.1, 0.15) is 29.8 Å². The molecule has 0 saturated carbocycles. The first kappa shape index (κ1) is 17.0. The molecule has 124 valence electrons. The van der Waals surface area contributed by atoms with Crippen LogP contribution in [0.2, 0.25) is 5.02 Å². The molecule has 0 unspecified atom stereocenters. The third kappa shape index (κ3) is 3.32. The van der Waals surface area contributed by atoms with E-state index >= 15 is 0 Å². The second-order valence-electron chi connectivity index (χ2n) is 5.68. The van der Waals surface area contributed by atoms with Crippen molar-refractivity contribution in [1.82, 2.24) is 4.98 Å². The predicted octanol–water partition coefficient (Wildman–Crippen LogP) is 4.01. The molecule has 6 heteroatoms. The molecule has 1 aromatic heterocycles. The average Bonchev–Trinajstić information content (AvgIpc) is 2.99. The number of amides is 1. The highest BCUT2D eigenvalue weighted by molar-refractivity contribution is 8.00. The van der Waals surface area contributed by atoms with Crippen LogP contribution in [0.5, 0.6) is 0 Å². The highest BCUT2D eigenvalue weighted by Crippen LogP contribution is 2.32. The van der Waals surface area contributed by atoms with Crippen LogP contribution in [-0.4, -0.2) is 28.5 Å². The Morgan fingerprint density at radius 2 is 2.12 bits per heavy atom. The van der Waals surface area contributed by atoms with Crippen LogP contribution >= 0.6 is 23.4 Å². The second kappa shape index (κ2) is 6.95. The number of aromatic nitrogens is 1. The molecule has 0 aliphatic carbocycles. The molecule has 1 atom stereocenters. The first-order valence-electron chi connectivity index (χ1n) is 7.70. The Kier molecular flexibility index (Phi) is 4.92. The number of halogens is 1. The molecule has 0 N–H and O–H groups in total. The first-order valence-corrected chi connectivity index (χ1v) is 8.95. The fraction of sp³-hybridized carbons (Fsp3) is 0.278. The number of rotatable bonds is 4. The van der Waals surface area contributed by atoms with Crippen molar-refractivity contribution in [2.45, 2.75) is 30.5 Å². The number of nitrogens with zero attached hydrogens (tertiary/aromatic N) is 2. The minimum absolute atomic E-state index is 0.0292. The van der Waals surface area contributed by atoms with Crippen molar-refractivity contribution in [2.24, 2.45) is 0 Å². The van der Waals surface area contributed by atoms with E-state index in [4.69, 9.17) is 11.6 Å². The minimum atomic E-state index is -0.291. The quantitative estimate of drug-likeness (QED) is 0.610. The first-order chi connectivity index (χ1) is 11.5. The molecule has 0 radical (unpaired) electrons. The van der Waals surface area contributed by atoms with Gasteiger partial charge in [0.15, 0.2) is 5.78 Å². The molecule has 4 nitrogen and oxygen atoms in total. The van der Waals surface area contributed by atoms with Crippen LogP contribution in [0.3, 0.4) is 0 Å². The zero-order valence-electron chi connectivity index (χ0n) is 13.5. The number of carbonyl (C=O) groups is 2. The van der Waals surface area contributed by atoms with Crippen LogP contribution in [0.15, 0.2) is 41.6 Å². The molecule has 1 aliphatic heterocycles. The van der Waals surface area contributed by atoms with E-state index in [0.29, 0.717) is 22.2 Å². The maximum atomic E-state index is 12.7. The number of anilines is 1. The lowest BCUT2D eigenvalue weighted by Crippen LogP contribution is -2.25. The van der Waals surface area contributed by atoms with Crippen LogP contribution in [0.4, 0.5) is 5.69 Å². The van der Waals surface area contributed by atoms with Crippen molar-refractivity contribution in [3.05, 3.63) is 52.7 Å². The van der Waals surface area contributed by atoms with Crippen LogP contribution in [0.25, 0.3) is 0 Å². The van der Waals surface area contributed by atoms with Crippen LogP contribution < -0.4 is 4.90 Å². The number of ketones is 1. The van der Waals surface area contributed by atoms with Crippen molar-refractivity contribution in [1.29, 1.82) is 0 Å². The third-order valence-corrected chi connectivity index (χ3v) is 5.56. The number of fused-ring (bicyclic) bond motifs is 1. The van der Waals surface area contributed by atoms with E-state index in [1.54, 1.807) is 36.2 Å². The predicted molar refractivity (Wildman–Crippen MR) is 97.1 cm³/mol. The average molecular weight is 361 g/mol. The van der Waals surface area contributed by atoms with E-state index in [-0.39, 0.29) is 16.9 Å². The Balaban J connectivity index is 1.78. The van der Waals surface area contributed by atoms with E-state index in [9.17, 15) is 9.59 Å². The molecular formula is C18H17ClN2O2S. The number of benzene rings is 1. The topological polar surface area (TPSA) is 50.3 Å². The lowest BCUT2D eigenvalue weighted by atomic mass is 10.0. The van der Waals surface area contributed by atoms with Crippen molar-refractivity contribution >= 4 is 40.7 Å². The maximum Gasteiger partial charge on any atom is 0.223 e. The maximum absolute atomic E-state index is 12.7. The van der Waals surface area contributed by atoms with Crippen molar-refractivity contribution in [2.75, 3.05) is 11.4 Å². The summed E-state index contributed by atoms with van der Waals surface area (Å²) < 4.78 is 0. The molecule has 0 saturated heterocycles. The normalized spacial score (nSPS) is 14.4. The largest absolute Gasteiger partial charge is 0.312 e. The fourth-order valence-electron chi connectivity index (χ4n) is 2.80. The van der Waals surface area contributed by atoms with Gasteiger partial charge in [0.25, 0.3) is 0 Å². The summed E-state index contributed by atoms with van der Waals surface area (Å²) in [6.45, 7) is 4.09. The lowest BCUT2D eigenvalue weighted by molar-refractivity contribution is -0.116. The van der Waals surface area contributed by atoms with Gasteiger partial charge in [-0.15, -0.1) is 0 Å². The SMILES string of the molecule is CC(=O)N1CCc2cc(C(=O)[C@@H](C)Sc3ncccc3Cl)ccc21. The Morgan fingerprint density at radius 1 is 1.33 bits per heavy atom. The summed E-state index contributed by atoms with van der Waals surface area (Å²) in [5, 5.41) is 0.915. The van der Waals surface area contributed by atoms with Gasteiger partial charge in [-0.3, -0.25) is 9.59 Å². The highest BCUT2D eigenvalue weighted by Gasteiger charge is 2.25. The molecule has 0 fully saturated rings. The number of pyridine rings is 1. The van der Waals surface area contributed by atoms with Gasteiger partial charge in [0.05, 0.1) is 10.3 Å². The summed E-state index contributed by atoms with van der Waals surface area (Å²) in [5.41, 5.74) is 2.61. The summed E-state index contributed by atoms with van der Waals surface area (Å²) in [6.07, 6.45) is 2.45. The zero-order valence-corrected chi connectivity index (χ0v) is 15.0. The van der Waals surface area contributed by atoms with Crippen LogP contribution in [0, 0.1) is 0 Å². The lowest BCUT2D eigenvalue weighted by Gasteiger charge is -2.15. The van der Waals surface area contributed by atoms with Crippen molar-refractivity contribution in [3.8, 4) is 0 Å². The van der Waals surface area contributed by atoms with E-state index in [1.165, 1.54) is 11.8 Å². The molecule has 3 rings (SSSR count). The van der Waals surface area contributed by atoms with Gasteiger partial charge in [-0.1, -0.05) is 23.4 Å². The van der Waals surface area contributed by atoms with Crippen molar-refractivity contribution < 1.29 is 9.59 Å². The molecular weight excluding hydrogens is 344 g/mol. The van der Waals surface area contributed by atoms with Gasteiger partial charge in [0.1, 0.15) is 5.03 Å². The number of thioether (sulfide) groups is 1. The monoisotopic (exact) mass is 360 g/mol. The highest BCUT2D eigenvalue weighted by atomic mass is 35.5. The molecule has 1 amide bonds. The Morgan fingerprint density at radius 3 is 2.83 bits per heavy atom. The Hall–Kier alpha value is -1.85. The van der Waals surface area contributed by atoms with E-state index in [0.717, 1.165) is 17.7 Å². The van der Waals surface area contributed by atoms with Gasteiger partial charge in [0.2, 0.25) is 5.91 Å². The summed E-state index contributed by atoms with van der Waals surface area (Å²) in [4.78, 5) is 30.3. The van der Waals surface area contributed by atoms with Crippen LogP contribution in [-0.2, 0) is 11.2 Å². The fourth-order valence-corrected chi connectivity index (χ4v) is 3.93. The number of carbonyl (C=O) groups excluding carboxylic acids is 2. The molecule has 1 aliphatic rings. The van der Waals surface area contributed by atoms with Gasteiger partial charge in [-0.05, 0) is 49.2 Å². The standard InChI is InChI=1S/C18H17ClN2O2S/c1-11(24-18-15(19)4-3-8-20-18)17(23)14-5-6-16-13(10-14)7-9-21(16)12(2)22/h3-6,8,10-11H,7,9H2,1-2H3/t11-/m1/s1. The Bertz CT molecular complexity index is 809. The van der Waals surface area contributed by atoms with E-state index < -0.39 is 0 Å². The molecule has 2 aromatic rings. The summed E-state index contributed by atoms with van der Waals surface area (Å²) in [6, 6.07) is 9.08. The second-order valence-corrected chi connectivity index (χ2v) is 7.42. The summed E-state index contributed by atoms with van der Waals surface area (Å²) in [7, 11) is 0. The van der Waals surface area contributed by atoms with Gasteiger partial charge in [-0.25, -0.2) is 4.98 Å².